The molecule has 0 unspecified atom stereocenters. The van der Waals surface area contributed by atoms with E-state index in [4.69, 9.17) is 4.42 Å². The molecule has 1 heterocycles. The molecule has 0 bridgehead atoms. The number of carbonyl (C=O) groups excluding carboxylic acids is 1. The van der Waals surface area contributed by atoms with Gasteiger partial charge in [-0.1, -0.05) is 18.2 Å². The van der Waals surface area contributed by atoms with Crippen molar-refractivity contribution in [1.82, 2.24) is 4.58 Å². The van der Waals surface area contributed by atoms with Crippen molar-refractivity contribution in [2.75, 3.05) is 36.4 Å². The Labute approximate surface area is 201 Å². The van der Waals surface area contributed by atoms with Crippen LogP contribution in [0.15, 0.2) is 65.1 Å². The minimum absolute atomic E-state index is 0.0886. The van der Waals surface area contributed by atoms with Crippen LogP contribution in [0.3, 0.4) is 0 Å². The van der Waals surface area contributed by atoms with E-state index in [-0.39, 0.29) is 5.91 Å². The zero-order valence-electron chi connectivity index (χ0n) is 20.8. The first-order valence-corrected chi connectivity index (χ1v) is 12.2. The fourth-order valence-electron chi connectivity index (χ4n) is 4.73. The van der Waals surface area contributed by atoms with Crippen LogP contribution in [0, 0.1) is 0 Å². The lowest BCUT2D eigenvalue weighted by Crippen LogP contribution is -2.29. The zero-order chi connectivity index (χ0) is 24.2. The third-order valence-corrected chi connectivity index (χ3v) is 6.45. The van der Waals surface area contributed by atoms with Crippen molar-refractivity contribution in [2.24, 2.45) is 0 Å². The third-order valence-electron chi connectivity index (χ3n) is 6.45. The Hall–Kier alpha value is -3.60. The van der Waals surface area contributed by atoms with E-state index in [9.17, 15) is 4.79 Å². The highest BCUT2D eigenvalue weighted by molar-refractivity contribution is 6.07. The Morgan fingerprint density at radius 1 is 0.912 bits per heavy atom. The van der Waals surface area contributed by atoms with Gasteiger partial charge in [0.25, 0.3) is 0 Å². The van der Waals surface area contributed by atoms with Crippen molar-refractivity contribution in [3.63, 3.8) is 0 Å². The van der Waals surface area contributed by atoms with E-state index < -0.39 is 0 Å². The lowest BCUT2D eigenvalue weighted by Gasteiger charge is -2.22. The molecule has 0 aromatic heterocycles. The Morgan fingerprint density at radius 2 is 1.65 bits per heavy atom. The summed E-state index contributed by atoms with van der Waals surface area (Å²) in [6.45, 7) is 13.9. The molecule has 0 radical (unpaired) electrons. The topological polar surface area (TPSA) is 48.5 Å². The molecule has 5 nitrogen and oxygen atoms in total. The Bertz CT molecular complexity index is 1360. The molecule has 4 rings (SSSR count). The molecule has 2 aliphatic rings. The van der Waals surface area contributed by atoms with E-state index >= 15 is 0 Å². The molecule has 2 aromatic carbocycles. The fraction of sp³-hybridized carbons (Fsp3) is 0.310. The van der Waals surface area contributed by atoms with Crippen molar-refractivity contribution < 1.29 is 9.21 Å². The number of anilines is 2. The monoisotopic (exact) mass is 456 g/mol. The molecule has 0 fully saturated rings. The van der Waals surface area contributed by atoms with E-state index in [1.165, 1.54) is 0 Å². The summed E-state index contributed by atoms with van der Waals surface area (Å²) >= 11 is 0. The number of fused-ring (bicyclic) bond motifs is 2. The molecule has 0 spiro atoms. The average Bonchev–Trinajstić information content (AvgIpc) is 2.84. The van der Waals surface area contributed by atoms with Crippen LogP contribution >= 0.6 is 0 Å². The highest BCUT2D eigenvalue weighted by atomic mass is 16.3. The predicted octanol–water partition coefficient (Wildman–Crippen LogP) is 5.82. The Morgan fingerprint density at radius 3 is 2.32 bits per heavy atom. The molecule has 1 aliphatic carbocycles. The molecule has 2 aromatic rings. The van der Waals surface area contributed by atoms with Gasteiger partial charge in [-0.05, 0) is 52.0 Å². The second-order valence-electron chi connectivity index (χ2n) is 8.41. The Balaban J connectivity index is 2.10. The van der Waals surface area contributed by atoms with Gasteiger partial charge in [0.05, 0.1) is 6.07 Å². The summed E-state index contributed by atoms with van der Waals surface area (Å²) in [4.78, 5) is 14.3. The summed E-state index contributed by atoms with van der Waals surface area (Å²) in [6, 6.07) is 20.8. The van der Waals surface area contributed by atoms with Crippen LogP contribution in [0.2, 0.25) is 0 Å². The summed E-state index contributed by atoms with van der Waals surface area (Å²) in [6.07, 6.45) is 0. The van der Waals surface area contributed by atoms with Crippen molar-refractivity contribution in [3.8, 4) is 22.5 Å². The molecular formula is C29H34N3O2+. The number of hydrogen-bond donors (Lipinski definition) is 1. The number of para-hydroxylation sites is 1. The quantitative estimate of drug-likeness (QED) is 0.282. The summed E-state index contributed by atoms with van der Waals surface area (Å²) in [7, 11) is 0. The van der Waals surface area contributed by atoms with Crippen molar-refractivity contribution in [2.45, 2.75) is 34.6 Å². The lowest BCUT2D eigenvalue weighted by atomic mass is 9.92. The van der Waals surface area contributed by atoms with Crippen LogP contribution in [0.25, 0.3) is 33.4 Å². The SMILES string of the molecule is CCN(CC)c1ccc2c(-c3ccccc3NC(C)=O)c3ccc(=[N+](CC)CC)cc-3oc2c1. The van der Waals surface area contributed by atoms with Crippen LogP contribution in [0.4, 0.5) is 11.4 Å². The molecule has 1 amide bonds. The lowest BCUT2D eigenvalue weighted by molar-refractivity contribution is -0.114. The maximum absolute atomic E-state index is 12.0. The molecule has 1 N–H and O–H groups in total. The van der Waals surface area contributed by atoms with Crippen molar-refractivity contribution in [3.05, 3.63) is 66.0 Å². The summed E-state index contributed by atoms with van der Waals surface area (Å²) in [5, 5.41) is 5.18. The molecule has 176 valence electrons. The fourth-order valence-corrected chi connectivity index (χ4v) is 4.73. The number of nitrogens with zero attached hydrogens (tertiary/aromatic N) is 2. The highest BCUT2D eigenvalue weighted by Crippen LogP contribution is 2.43. The predicted molar refractivity (Wildman–Crippen MR) is 142 cm³/mol. The molecule has 0 saturated carbocycles. The number of rotatable bonds is 7. The van der Waals surface area contributed by atoms with Gasteiger partial charge in [-0.15, -0.1) is 0 Å². The second kappa shape index (κ2) is 10.1. The molecule has 0 atom stereocenters. The van der Waals surface area contributed by atoms with Gasteiger partial charge in [0.1, 0.15) is 24.4 Å². The normalized spacial score (nSPS) is 11.1. The van der Waals surface area contributed by atoms with E-state index in [1.54, 1.807) is 6.92 Å². The molecule has 5 heteroatoms. The number of nitrogens with one attached hydrogen (secondary N) is 1. The van der Waals surface area contributed by atoms with Crippen LogP contribution in [-0.4, -0.2) is 32.1 Å². The number of benzene rings is 3. The molecule has 1 aliphatic heterocycles. The van der Waals surface area contributed by atoms with Crippen LogP contribution in [0.5, 0.6) is 0 Å². The summed E-state index contributed by atoms with van der Waals surface area (Å²) in [5.41, 5.74) is 5.84. The van der Waals surface area contributed by atoms with E-state index in [0.717, 1.165) is 76.3 Å². The minimum Gasteiger partial charge on any atom is -0.456 e. The maximum Gasteiger partial charge on any atom is 0.221 e. The van der Waals surface area contributed by atoms with Gasteiger partial charge in [0.15, 0.2) is 0 Å². The zero-order valence-corrected chi connectivity index (χ0v) is 20.8. The highest BCUT2D eigenvalue weighted by Gasteiger charge is 2.21. The molecule has 0 saturated heterocycles. The summed E-state index contributed by atoms with van der Waals surface area (Å²) in [5.74, 6) is 0.746. The van der Waals surface area contributed by atoms with Crippen LogP contribution in [0.1, 0.15) is 34.6 Å². The number of hydrogen-bond acceptors (Lipinski definition) is 3. The first kappa shape index (κ1) is 23.6. The first-order chi connectivity index (χ1) is 16.5. The molecular weight excluding hydrogens is 422 g/mol. The van der Waals surface area contributed by atoms with Gasteiger partial charge in [0.2, 0.25) is 11.3 Å². The van der Waals surface area contributed by atoms with Gasteiger partial charge < -0.3 is 14.6 Å². The number of amides is 1. The maximum atomic E-state index is 12.0. The standard InChI is InChI=1S/C29H33N3O2/c1-6-31(7-2)21-14-16-24-27(18-21)34-28-19-22(32(8-3)9-4)15-17-25(28)29(24)23-12-10-11-13-26(23)30-20(5)33/h10-19H,6-9H2,1-5H3/p+1. The third kappa shape index (κ3) is 4.43. The van der Waals surface area contributed by atoms with Gasteiger partial charge in [-0.25, -0.2) is 4.58 Å². The second-order valence-corrected chi connectivity index (χ2v) is 8.41. The van der Waals surface area contributed by atoms with Gasteiger partial charge in [-0.2, -0.15) is 0 Å². The van der Waals surface area contributed by atoms with Crippen molar-refractivity contribution >= 4 is 28.3 Å². The smallest absolute Gasteiger partial charge is 0.221 e. The molecule has 34 heavy (non-hydrogen) atoms. The van der Waals surface area contributed by atoms with Gasteiger partial charge in [-0.3, -0.25) is 4.79 Å². The average molecular weight is 457 g/mol. The van der Waals surface area contributed by atoms with E-state index in [2.05, 4.69) is 85.0 Å². The van der Waals surface area contributed by atoms with Gasteiger partial charge in [0, 0.05) is 65.6 Å². The number of carbonyl (C=O) groups is 1. The first-order valence-electron chi connectivity index (χ1n) is 12.2. The van der Waals surface area contributed by atoms with Crippen molar-refractivity contribution in [1.29, 1.82) is 0 Å². The van der Waals surface area contributed by atoms with E-state index in [1.807, 2.05) is 18.2 Å². The summed E-state index contributed by atoms with van der Waals surface area (Å²) < 4.78 is 8.86. The van der Waals surface area contributed by atoms with Gasteiger partial charge >= 0.3 is 0 Å². The minimum atomic E-state index is -0.0886. The Kier molecular flexibility index (Phi) is 7.01. The van der Waals surface area contributed by atoms with Crippen LogP contribution < -0.4 is 20.1 Å². The largest absolute Gasteiger partial charge is 0.456 e. The van der Waals surface area contributed by atoms with Crippen LogP contribution in [-0.2, 0) is 4.79 Å². The van der Waals surface area contributed by atoms with E-state index in [0.29, 0.717) is 0 Å².